The number of hydrogen-bond acceptors (Lipinski definition) is 2. The minimum atomic E-state index is -0.943. The molecular weight excluding hydrogens is 339 g/mol. The van der Waals surface area contributed by atoms with E-state index in [2.05, 4.69) is 0 Å². The normalized spacial score (nSPS) is 10.6. The van der Waals surface area contributed by atoms with E-state index in [4.69, 9.17) is 23.2 Å². The van der Waals surface area contributed by atoms with Gasteiger partial charge in [-0.3, -0.25) is 0 Å². The van der Waals surface area contributed by atoms with Crippen molar-refractivity contribution in [1.82, 2.24) is 0 Å². The lowest BCUT2D eigenvalue weighted by Crippen LogP contribution is -1.89. The summed E-state index contributed by atoms with van der Waals surface area (Å²) in [5.41, 5.74) is 2.61. The number of rotatable bonds is 3. The first-order valence-corrected chi connectivity index (χ1v) is 8.01. The van der Waals surface area contributed by atoms with Crippen LogP contribution in [0.3, 0.4) is 0 Å². The molecule has 3 rings (SSSR count). The molecule has 110 valence electrons. The minimum absolute atomic E-state index is 0.282. The summed E-state index contributed by atoms with van der Waals surface area (Å²) in [6.07, 6.45) is 0. The number of hydrogen-bond donors (Lipinski definition) is 1. The van der Waals surface area contributed by atoms with E-state index in [0.717, 1.165) is 21.6 Å². The highest BCUT2D eigenvalue weighted by Gasteiger charge is 2.17. The Morgan fingerprint density at radius 3 is 2.09 bits per heavy atom. The Kier molecular flexibility index (Phi) is 4.21. The molecule has 0 aliphatic rings. The van der Waals surface area contributed by atoms with Crippen molar-refractivity contribution < 1.29 is 9.90 Å². The van der Waals surface area contributed by atoms with Crippen molar-refractivity contribution in [3.05, 3.63) is 69.5 Å². The lowest BCUT2D eigenvalue weighted by atomic mass is 10.0. The molecule has 0 bridgehead atoms. The summed E-state index contributed by atoms with van der Waals surface area (Å²) in [6, 6.07) is 16.4. The van der Waals surface area contributed by atoms with Crippen molar-refractivity contribution in [1.29, 1.82) is 0 Å². The van der Waals surface area contributed by atoms with Gasteiger partial charge in [-0.1, -0.05) is 47.5 Å². The molecule has 0 amide bonds. The van der Waals surface area contributed by atoms with Gasteiger partial charge in [0.25, 0.3) is 0 Å². The van der Waals surface area contributed by atoms with E-state index >= 15 is 0 Å². The van der Waals surface area contributed by atoms with Gasteiger partial charge in [-0.05, 0) is 41.5 Å². The summed E-state index contributed by atoms with van der Waals surface area (Å²) >= 11 is 13.3. The quantitative estimate of drug-likeness (QED) is 0.621. The van der Waals surface area contributed by atoms with Gasteiger partial charge in [0.05, 0.1) is 0 Å². The van der Waals surface area contributed by atoms with Crippen LogP contribution in [-0.4, -0.2) is 11.1 Å². The lowest BCUT2D eigenvalue weighted by molar-refractivity contribution is 0.0702. The van der Waals surface area contributed by atoms with E-state index in [1.165, 1.54) is 11.3 Å². The molecule has 0 atom stereocenters. The largest absolute Gasteiger partial charge is 0.477 e. The van der Waals surface area contributed by atoms with E-state index in [-0.39, 0.29) is 4.88 Å². The van der Waals surface area contributed by atoms with E-state index in [1.807, 2.05) is 36.4 Å². The minimum Gasteiger partial charge on any atom is -0.477 e. The van der Waals surface area contributed by atoms with Crippen LogP contribution in [-0.2, 0) is 0 Å². The van der Waals surface area contributed by atoms with Crippen molar-refractivity contribution >= 4 is 40.5 Å². The second-order valence-electron chi connectivity index (χ2n) is 4.68. The Morgan fingerprint density at radius 1 is 0.909 bits per heavy atom. The predicted octanol–water partition coefficient (Wildman–Crippen LogP) is 6.09. The first kappa shape index (κ1) is 15.1. The van der Waals surface area contributed by atoms with Crippen LogP contribution in [0.1, 0.15) is 9.67 Å². The second-order valence-corrected chi connectivity index (χ2v) is 6.60. The summed E-state index contributed by atoms with van der Waals surface area (Å²) in [5, 5.41) is 10.5. The number of aromatic carboxylic acids is 1. The van der Waals surface area contributed by atoms with Gasteiger partial charge in [0.15, 0.2) is 0 Å². The summed E-state index contributed by atoms with van der Waals surface area (Å²) in [7, 11) is 0. The van der Waals surface area contributed by atoms with Crippen LogP contribution in [0.25, 0.3) is 21.6 Å². The lowest BCUT2D eigenvalue weighted by Gasteiger charge is -2.05. The van der Waals surface area contributed by atoms with Crippen LogP contribution in [0, 0.1) is 0 Å². The van der Waals surface area contributed by atoms with Gasteiger partial charge >= 0.3 is 5.97 Å². The standard InChI is InChI=1S/C17H10Cl2O2S/c18-12-5-1-3-10(7-12)14-9-15(17(20)21)22-16(14)11-4-2-6-13(19)8-11/h1-9H,(H,20,21). The summed E-state index contributed by atoms with van der Waals surface area (Å²) in [6.45, 7) is 0. The molecule has 5 heteroatoms. The van der Waals surface area contributed by atoms with Crippen molar-refractivity contribution in [3.8, 4) is 21.6 Å². The van der Waals surface area contributed by atoms with Crippen LogP contribution in [0.5, 0.6) is 0 Å². The molecule has 0 unspecified atom stereocenters. The van der Waals surface area contributed by atoms with Gasteiger partial charge in [-0.2, -0.15) is 0 Å². The highest BCUT2D eigenvalue weighted by Crippen LogP contribution is 2.40. The fraction of sp³-hybridized carbons (Fsp3) is 0. The van der Waals surface area contributed by atoms with Crippen LogP contribution in [0.15, 0.2) is 54.6 Å². The summed E-state index contributed by atoms with van der Waals surface area (Å²) in [4.78, 5) is 12.5. The van der Waals surface area contributed by atoms with E-state index < -0.39 is 5.97 Å². The van der Waals surface area contributed by atoms with E-state index in [0.29, 0.717) is 10.0 Å². The monoisotopic (exact) mass is 348 g/mol. The van der Waals surface area contributed by atoms with Crippen LogP contribution in [0.4, 0.5) is 0 Å². The highest BCUT2D eigenvalue weighted by atomic mass is 35.5. The molecule has 0 fully saturated rings. The summed E-state index contributed by atoms with van der Waals surface area (Å²) in [5.74, 6) is -0.943. The smallest absolute Gasteiger partial charge is 0.345 e. The maximum Gasteiger partial charge on any atom is 0.345 e. The van der Waals surface area contributed by atoms with Gasteiger partial charge in [-0.15, -0.1) is 11.3 Å². The number of carboxylic acid groups (broad SMARTS) is 1. The zero-order valence-electron chi connectivity index (χ0n) is 11.2. The molecule has 0 aliphatic carbocycles. The van der Waals surface area contributed by atoms with Crippen molar-refractivity contribution in [2.75, 3.05) is 0 Å². The van der Waals surface area contributed by atoms with Crippen LogP contribution in [0.2, 0.25) is 10.0 Å². The Balaban J connectivity index is 2.22. The molecule has 0 saturated heterocycles. The van der Waals surface area contributed by atoms with Crippen LogP contribution >= 0.6 is 34.5 Å². The first-order chi connectivity index (χ1) is 10.5. The maximum absolute atomic E-state index is 11.3. The first-order valence-electron chi connectivity index (χ1n) is 6.43. The van der Waals surface area contributed by atoms with Gasteiger partial charge in [0.1, 0.15) is 4.88 Å². The molecule has 0 radical (unpaired) electrons. The molecule has 1 N–H and O–H groups in total. The molecule has 0 spiro atoms. The zero-order valence-corrected chi connectivity index (χ0v) is 13.5. The van der Waals surface area contributed by atoms with Gasteiger partial charge in [0.2, 0.25) is 0 Å². The molecular formula is C17H10Cl2O2S. The molecule has 1 aromatic heterocycles. The third-order valence-corrected chi connectivity index (χ3v) is 4.81. The molecule has 0 aliphatic heterocycles. The molecule has 22 heavy (non-hydrogen) atoms. The van der Waals surface area contributed by atoms with E-state index in [1.54, 1.807) is 18.2 Å². The van der Waals surface area contributed by atoms with Crippen LogP contribution < -0.4 is 0 Å². The fourth-order valence-corrected chi connectivity index (χ4v) is 3.61. The third kappa shape index (κ3) is 3.02. The number of carboxylic acids is 1. The predicted molar refractivity (Wildman–Crippen MR) is 92.2 cm³/mol. The summed E-state index contributed by atoms with van der Waals surface area (Å²) < 4.78 is 0. The van der Waals surface area contributed by atoms with Crippen molar-refractivity contribution in [2.24, 2.45) is 0 Å². The van der Waals surface area contributed by atoms with E-state index in [9.17, 15) is 9.90 Å². The second kappa shape index (κ2) is 6.13. The number of thiophene rings is 1. The molecule has 2 aromatic carbocycles. The number of benzene rings is 2. The topological polar surface area (TPSA) is 37.3 Å². The number of halogens is 2. The third-order valence-electron chi connectivity index (χ3n) is 3.17. The van der Waals surface area contributed by atoms with Gasteiger partial charge < -0.3 is 5.11 Å². The Bertz CT molecular complexity index is 792. The van der Waals surface area contributed by atoms with Gasteiger partial charge in [-0.25, -0.2) is 4.79 Å². The Hall–Kier alpha value is -1.81. The molecule has 1 heterocycles. The Morgan fingerprint density at radius 2 is 1.50 bits per heavy atom. The average molecular weight is 349 g/mol. The fourth-order valence-electron chi connectivity index (χ4n) is 2.21. The molecule has 3 aromatic rings. The van der Waals surface area contributed by atoms with Gasteiger partial charge in [0, 0.05) is 20.5 Å². The molecule has 0 saturated carbocycles. The average Bonchev–Trinajstić information content (AvgIpc) is 2.92. The number of carbonyl (C=O) groups is 1. The van der Waals surface area contributed by atoms with Crippen molar-refractivity contribution in [3.63, 3.8) is 0 Å². The van der Waals surface area contributed by atoms with Crippen molar-refractivity contribution in [2.45, 2.75) is 0 Å². The highest BCUT2D eigenvalue weighted by molar-refractivity contribution is 7.18. The SMILES string of the molecule is O=C(O)c1cc(-c2cccc(Cl)c2)c(-c2cccc(Cl)c2)s1. The Labute approximate surface area is 141 Å². The maximum atomic E-state index is 11.3. The zero-order chi connectivity index (χ0) is 15.7. The molecule has 2 nitrogen and oxygen atoms in total.